The summed E-state index contributed by atoms with van der Waals surface area (Å²) in [7, 11) is 1.41. The van der Waals surface area contributed by atoms with Gasteiger partial charge in [-0.1, -0.05) is 12.1 Å². The van der Waals surface area contributed by atoms with Gasteiger partial charge in [0.15, 0.2) is 23.9 Å². The van der Waals surface area contributed by atoms with Crippen LogP contribution in [0.1, 0.15) is 17.5 Å². The second kappa shape index (κ2) is 6.61. The summed E-state index contributed by atoms with van der Waals surface area (Å²) in [5.74, 6) is -2.72. The molecule has 3 atom stereocenters. The van der Waals surface area contributed by atoms with E-state index >= 15 is 0 Å². The average Bonchev–Trinajstić information content (AvgIpc) is 2.62. The molecule has 2 aromatic rings. The topological polar surface area (TPSA) is 103 Å². The van der Waals surface area contributed by atoms with Gasteiger partial charge in [0.25, 0.3) is 5.91 Å². The monoisotopic (exact) mass is 338 g/mol. The van der Waals surface area contributed by atoms with Gasteiger partial charge in [-0.2, -0.15) is 9.83 Å². The molecule has 0 saturated carbocycles. The van der Waals surface area contributed by atoms with Crippen LogP contribution >= 0.6 is 0 Å². The van der Waals surface area contributed by atoms with E-state index in [2.05, 4.69) is 5.32 Å². The van der Waals surface area contributed by atoms with Crippen molar-refractivity contribution < 1.29 is 24.0 Å². The van der Waals surface area contributed by atoms with Crippen LogP contribution in [0, 0.1) is 17.2 Å². The molecule has 1 aliphatic heterocycles. The predicted octanol–water partition coefficient (Wildman–Crippen LogP) is 0.809. The molecule has 7 heteroatoms. The maximum absolute atomic E-state index is 12.5. The highest BCUT2D eigenvalue weighted by Gasteiger charge is 2.50. The van der Waals surface area contributed by atoms with Crippen molar-refractivity contribution >= 4 is 11.8 Å². The van der Waals surface area contributed by atoms with Crippen molar-refractivity contribution in [1.29, 1.82) is 5.26 Å². The minimum Gasteiger partial charge on any atom is -0.504 e. The van der Waals surface area contributed by atoms with Crippen LogP contribution < -0.4 is 14.6 Å². The molecule has 0 unspecified atom stereocenters. The van der Waals surface area contributed by atoms with Crippen LogP contribution in [0.3, 0.4) is 0 Å². The number of nitrogens with zero attached hydrogens (tertiary/aromatic N) is 2. The SMILES string of the molecule is COc1cc([C@H]2[C@@H](C#N)C(=O)NC(=O)[C@@H]2[n+]2ccccc2)ccc1O. The molecule has 7 nitrogen and oxygen atoms in total. The van der Waals surface area contributed by atoms with Gasteiger partial charge >= 0.3 is 0 Å². The van der Waals surface area contributed by atoms with Crippen LogP contribution in [-0.4, -0.2) is 24.0 Å². The van der Waals surface area contributed by atoms with Crippen LogP contribution in [0.2, 0.25) is 0 Å². The summed E-state index contributed by atoms with van der Waals surface area (Å²) in [5.41, 5.74) is 0.561. The van der Waals surface area contributed by atoms with E-state index in [1.54, 1.807) is 41.2 Å². The Hall–Kier alpha value is -3.40. The van der Waals surface area contributed by atoms with Gasteiger partial charge in [-0.15, -0.1) is 0 Å². The third-order valence-corrected chi connectivity index (χ3v) is 4.28. The molecular weight excluding hydrogens is 322 g/mol. The molecule has 126 valence electrons. The summed E-state index contributed by atoms with van der Waals surface area (Å²) in [6, 6.07) is 11.1. The van der Waals surface area contributed by atoms with Crippen molar-refractivity contribution in [2.24, 2.45) is 5.92 Å². The predicted molar refractivity (Wildman–Crippen MR) is 85.3 cm³/mol. The van der Waals surface area contributed by atoms with Crippen molar-refractivity contribution in [2.75, 3.05) is 7.11 Å². The van der Waals surface area contributed by atoms with Crippen LogP contribution in [0.25, 0.3) is 0 Å². The van der Waals surface area contributed by atoms with Crippen molar-refractivity contribution in [3.05, 3.63) is 54.4 Å². The van der Waals surface area contributed by atoms with E-state index in [1.807, 2.05) is 12.1 Å². The standard InChI is InChI=1S/C18H15N3O4/c1-25-14-9-11(5-6-13(14)22)15-12(10-19)17(23)20-18(24)16(15)21-7-3-2-4-8-21/h2-9,12,15-16H,1H3,(H-,20,22,23,24)/p+1/t12-,15+,16-/m1/s1. The lowest BCUT2D eigenvalue weighted by Gasteiger charge is -2.30. The van der Waals surface area contributed by atoms with Gasteiger partial charge in [0.05, 0.1) is 19.1 Å². The number of carbonyl (C=O) groups excluding carboxylic acids is 2. The molecule has 2 heterocycles. The largest absolute Gasteiger partial charge is 0.504 e. The summed E-state index contributed by atoms with van der Waals surface area (Å²) in [5, 5.41) is 21.6. The molecule has 0 bridgehead atoms. The highest BCUT2D eigenvalue weighted by Crippen LogP contribution is 2.39. The first-order valence-electron chi connectivity index (χ1n) is 7.64. The molecule has 2 amide bonds. The molecule has 1 fully saturated rings. The van der Waals surface area contributed by atoms with E-state index in [9.17, 15) is 20.0 Å². The number of nitriles is 1. The highest BCUT2D eigenvalue weighted by molar-refractivity contribution is 6.02. The number of phenols is 1. The number of pyridine rings is 1. The number of hydrogen-bond acceptors (Lipinski definition) is 5. The molecular formula is C18H16N3O4+. The lowest BCUT2D eigenvalue weighted by molar-refractivity contribution is -0.713. The number of ether oxygens (including phenoxy) is 1. The maximum Gasteiger partial charge on any atom is 0.296 e. The number of rotatable bonds is 3. The van der Waals surface area contributed by atoms with Crippen molar-refractivity contribution in [1.82, 2.24) is 5.32 Å². The maximum atomic E-state index is 12.5. The minimum absolute atomic E-state index is 0.0599. The van der Waals surface area contributed by atoms with E-state index in [0.29, 0.717) is 5.56 Å². The van der Waals surface area contributed by atoms with Gasteiger partial charge in [0, 0.05) is 12.1 Å². The zero-order valence-corrected chi connectivity index (χ0v) is 13.4. The number of piperidine rings is 1. The first-order chi connectivity index (χ1) is 12.1. The zero-order valence-electron chi connectivity index (χ0n) is 13.4. The van der Waals surface area contributed by atoms with Crippen molar-refractivity contribution in [3.63, 3.8) is 0 Å². The van der Waals surface area contributed by atoms with E-state index in [4.69, 9.17) is 4.74 Å². The Morgan fingerprint density at radius 1 is 1.20 bits per heavy atom. The van der Waals surface area contributed by atoms with Gasteiger partial charge in [-0.25, -0.2) is 0 Å². The second-order valence-corrected chi connectivity index (χ2v) is 5.68. The molecule has 0 aliphatic carbocycles. The Morgan fingerprint density at radius 2 is 1.92 bits per heavy atom. The Balaban J connectivity index is 2.16. The van der Waals surface area contributed by atoms with Crippen LogP contribution in [0.5, 0.6) is 11.5 Å². The second-order valence-electron chi connectivity index (χ2n) is 5.68. The van der Waals surface area contributed by atoms with Crippen LogP contribution in [0.15, 0.2) is 48.8 Å². The quantitative estimate of drug-likeness (QED) is 0.637. The summed E-state index contributed by atoms with van der Waals surface area (Å²) < 4.78 is 6.78. The highest BCUT2D eigenvalue weighted by atomic mass is 16.5. The fourth-order valence-corrected chi connectivity index (χ4v) is 3.12. The van der Waals surface area contributed by atoms with Crippen molar-refractivity contribution in [2.45, 2.75) is 12.0 Å². The molecule has 1 saturated heterocycles. The first kappa shape index (κ1) is 16.5. The lowest BCUT2D eigenvalue weighted by atomic mass is 9.77. The third-order valence-electron chi connectivity index (χ3n) is 4.28. The van der Waals surface area contributed by atoms with Gasteiger partial charge in [0.1, 0.15) is 5.92 Å². The number of aromatic hydroxyl groups is 1. The molecule has 25 heavy (non-hydrogen) atoms. The lowest BCUT2D eigenvalue weighted by Crippen LogP contribution is -2.59. The van der Waals surface area contributed by atoms with Gasteiger partial charge in [-0.3, -0.25) is 14.9 Å². The minimum atomic E-state index is -1.05. The third kappa shape index (κ3) is 2.90. The summed E-state index contributed by atoms with van der Waals surface area (Å²) in [4.78, 5) is 24.7. The van der Waals surface area contributed by atoms with E-state index < -0.39 is 29.7 Å². The normalized spacial score (nSPS) is 22.8. The summed E-state index contributed by atoms with van der Waals surface area (Å²) >= 11 is 0. The Bertz CT molecular complexity index is 860. The Kier molecular flexibility index (Phi) is 4.35. The smallest absolute Gasteiger partial charge is 0.296 e. The number of aromatic nitrogens is 1. The van der Waals surface area contributed by atoms with E-state index in [1.165, 1.54) is 13.2 Å². The summed E-state index contributed by atoms with van der Waals surface area (Å²) in [6.45, 7) is 0. The van der Waals surface area contributed by atoms with Crippen LogP contribution in [-0.2, 0) is 9.59 Å². The molecule has 1 aromatic heterocycles. The average molecular weight is 338 g/mol. The number of carbonyl (C=O) groups is 2. The Labute approximate surface area is 144 Å². The molecule has 1 aliphatic rings. The molecule has 0 radical (unpaired) electrons. The molecule has 1 aromatic carbocycles. The fraction of sp³-hybridized carbons (Fsp3) is 0.222. The summed E-state index contributed by atoms with van der Waals surface area (Å²) in [6.07, 6.45) is 3.41. The van der Waals surface area contributed by atoms with Gasteiger partial charge in [-0.05, 0) is 17.7 Å². The Morgan fingerprint density at radius 3 is 2.56 bits per heavy atom. The fourth-order valence-electron chi connectivity index (χ4n) is 3.12. The van der Waals surface area contributed by atoms with E-state index in [-0.39, 0.29) is 11.5 Å². The number of hydrogen-bond donors (Lipinski definition) is 2. The number of imide groups is 1. The van der Waals surface area contributed by atoms with Gasteiger partial charge in [0.2, 0.25) is 11.9 Å². The zero-order chi connectivity index (χ0) is 18.0. The number of phenolic OH excluding ortho intramolecular Hbond substituents is 1. The molecule has 3 rings (SSSR count). The van der Waals surface area contributed by atoms with Gasteiger partial charge < -0.3 is 9.84 Å². The van der Waals surface area contributed by atoms with Crippen LogP contribution in [0.4, 0.5) is 0 Å². The number of methoxy groups -OCH3 is 1. The first-order valence-corrected chi connectivity index (χ1v) is 7.64. The molecule has 2 N–H and O–H groups in total. The number of benzene rings is 1. The molecule has 0 spiro atoms. The number of amides is 2. The van der Waals surface area contributed by atoms with Crippen molar-refractivity contribution in [3.8, 4) is 17.6 Å². The van der Waals surface area contributed by atoms with E-state index in [0.717, 1.165) is 0 Å². The number of nitrogens with one attached hydrogen (secondary N) is 1.